The van der Waals surface area contributed by atoms with E-state index in [0.717, 1.165) is 38.0 Å². The van der Waals surface area contributed by atoms with Crippen LogP contribution >= 0.6 is 0 Å². The van der Waals surface area contributed by atoms with Gasteiger partial charge in [-0.05, 0) is 74.9 Å². The molecule has 9 nitrogen and oxygen atoms in total. The van der Waals surface area contributed by atoms with Gasteiger partial charge in [-0.1, -0.05) is 18.9 Å². The first kappa shape index (κ1) is 33.0. The number of aromatic nitrogens is 1. The summed E-state index contributed by atoms with van der Waals surface area (Å²) in [5.74, 6) is -0.336. The molecule has 2 heterocycles. The Kier molecular flexibility index (Phi) is 9.64. The van der Waals surface area contributed by atoms with Crippen molar-refractivity contribution in [3.8, 4) is 0 Å². The number of likely N-dealkylation sites (tertiary alicyclic amines) is 1. The predicted octanol–water partition coefficient (Wildman–Crippen LogP) is 6.03. The maximum atomic E-state index is 15.0. The van der Waals surface area contributed by atoms with Crippen molar-refractivity contribution >= 4 is 29.2 Å². The van der Waals surface area contributed by atoms with Gasteiger partial charge in [0.05, 0.1) is 12.2 Å². The number of methoxy groups -OCH3 is 1. The van der Waals surface area contributed by atoms with Crippen LogP contribution in [0.15, 0.2) is 42.7 Å². The molecular formula is C29H36F4N4O5S. The van der Waals surface area contributed by atoms with Crippen LogP contribution in [0.5, 0.6) is 0 Å². The van der Waals surface area contributed by atoms with Gasteiger partial charge in [0.2, 0.25) is 0 Å². The summed E-state index contributed by atoms with van der Waals surface area (Å²) < 4.78 is 81.0. The van der Waals surface area contributed by atoms with Crippen molar-refractivity contribution in [1.29, 1.82) is 0 Å². The van der Waals surface area contributed by atoms with E-state index in [4.69, 9.17) is 4.74 Å². The molecule has 1 aromatic heterocycles. The van der Waals surface area contributed by atoms with Gasteiger partial charge in [0.1, 0.15) is 16.1 Å². The lowest BCUT2D eigenvalue weighted by molar-refractivity contribution is -0.263. The van der Waals surface area contributed by atoms with Gasteiger partial charge in [0.15, 0.2) is 5.60 Å². The lowest BCUT2D eigenvalue weighted by Gasteiger charge is -2.38. The third kappa shape index (κ3) is 7.41. The Bertz CT molecular complexity index is 1310. The first-order valence-electron chi connectivity index (χ1n) is 13.9. The second-order valence-corrected chi connectivity index (χ2v) is 13.9. The lowest BCUT2D eigenvalue weighted by Crippen LogP contribution is -2.52. The molecule has 3 unspecified atom stereocenters. The van der Waals surface area contributed by atoms with E-state index in [2.05, 4.69) is 19.8 Å². The number of anilines is 1. The molecule has 0 radical (unpaired) electrons. The normalized spacial score (nSPS) is 21.3. The highest BCUT2D eigenvalue weighted by molar-refractivity contribution is 7.90. The number of nitrogens with one attached hydrogen (secondary N) is 2. The van der Waals surface area contributed by atoms with Crippen molar-refractivity contribution in [2.45, 2.75) is 74.9 Å². The largest absolute Gasteiger partial charge is 0.598 e. The Labute approximate surface area is 251 Å². The van der Waals surface area contributed by atoms with Crippen molar-refractivity contribution < 1.29 is 41.2 Å². The zero-order valence-electron chi connectivity index (χ0n) is 24.4. The summed E-state index contributed by atoms with van der Waals surface area (Å²) in [5, 5.41) is 2.20. The maximum absolute atomic E-state index is 15.0. The molecule has 2 N–H and O–H groups in total. The number of hydrogen-bond acceptors (Lipinski definition) is 7. The van der Waals surface area contributed by atoms with Gasteiger partial charge in [0.25, 0.3) is 0 Å². The molecule has 2 fully saturated rings. The van der Waals surface area contributed by atoms with Gasteiger partial charge in [-0.2, -0.15) is 13.2 Å². The van der Waals surface area contributed by atoms with Crippen molar-refractivity contribution in [3.63, 3.8) is 0 Å². The summed E-state index contributed by atoms with van der Waals surface area (Å²) in [6.45, 7) is 4.27. The van der Waals surface area contributed by atoms with E-state index in [1.54, 1.807) is 24.5 Å². The van der Waals surface area contributed by atoms with Crippen LogP contribution in [0.2, 0.25) is 0 Å². The minimum atomic E-state index is -4.74. The number of halogens is 4. The first-order valence-corrected chi connectivity index (χ1v) is 15.0. The van der Waals surface area contributed by atoms with Crippen molar-refractivity contribution in [1.82, 2.24) is 14.6 Å². The smallest absolute Gasteiger partial charge is 0.420 e. The van der Waals surface area contributed by atoms with Gasteiger partial charge >= 0.3 is 18.4 Å². The Morgan fingerprint density at radius 3 is 2.37 bits per heavy atom. The van der Waals surface area contributed by atoms with E-state index in [9.17, 15) is 27.3 Å². The highest BCUT2D eigenvalue weighted by Crippen LogP contribution is 2.43. The fourth-order valence-corrected chi connectivity index (χ4v) is 5.98. The van der Waals surface area contributed by atoms with Gasteiger partial charge < -0.3 is 18.9 Å². The number of alkyl halides is 3. The summed E-state index contributed by atoms with van der Waals surface area (Å²) >= 11 is -1.56. The number of benzene rings is 1. The second kappa shape index (κ2) is 12.6. The third-order valence-corrected chi connectivity index (χ3v) is 9.54. The molecule has 1 aromatic carbocycles. The zero-order chi connectivity index (χ0) is 31.6. The molecule has 0 spiro atoms. The molecule has 2 aliphatic rings. The number of nitrogens with zero attached hydrogens (tertiary/aromatic N) is 2. The van der Waals surface area contributed by atoms with Gasteiger partial charge in [-0.3, -0.25) is 10.3 Å². The molecule has 0 bridgehead atoms. The summed E-state index contributed by atoms with van der Waals surface area (Å²) in [7, 11) is 0.896. The zero-order valence-corrected chi connectivity index (χ0v) is 25.2. The van der Waals surface area contributed by atoms with Gasteiger partial charge in [-0.25, -0.2) is 14.0 Å². The molecule has 1 aliphatic carbocycles. The fraction of sp³-hybridized carbons (Fsp3) is 0.552. The number of carbonyl (C=O) groups excluding carboxylic acids is 2. The predicted molar refractivity (Wildman–Crippen MR) is 152 cm³/mol. The molecular weight excluding hydrogens is 592 g/mol. The number of ether oxygens (including phenoxy) is 2. The maximum Gasteiger partial charge on any atom is 0.420 e. The Balaban J connectivity index is 1.60. The molecule has 3 atom stereocenters. The highest BCUT2D eigenvalue weighted by atomic mass is 32.2. The molecule has 2 amide bonds. The SMILES string of the molecule is COC1(C(F)(F)F)CCN(C(=O)OC(=O)Nc2cc(C(CCC3CC3)(N[S+]([O-])C(C)(C)C)c3ccncc3)ccc2F)C1. The van der Waals surface area contributed by atoms with Crippen molar-refractivity contribution in [2.75, 3.05) is 25.5 Å². The first-order chi connectivity index (χ1) is 20.1. The average Bonchev–Trinajstić information content (AvgIpc) is 3.66. The summed E-state index contributed by atoms with van der Waals surface area (Å²) in [5.41, 5.74) is -2.73. The van der Waals surface area contributed by atoms with E-state index >= 15 is 4.39 Å². The minimum Gasteiger partial charge on any atom is -0.598 e. The van der Waals surface area contributed by atoms with Crippen molar-refractivity contribution in [3.05, 3.63) is 59.7 Å². The standard InChI is InChI=1S/C29H36F4N4O5S/c1-26(2,3)43(40)36-28(12-9-19-5-6-19,20-10-14-34-15-11-20)21-7-8-22(30)23(17-21)35-24(38)42-25(39)37-16-13-27(18-37,41-4)29(31,32)33/h7-8,10-11,14-15,17,19,36H,5-6,9,12-13,16,18H2,1-4H3,(H,35,38). The number of hydrogen-bond donors (Lipinski definition) is 2. The van der Waals surface area contributed by atoms with E-state index < -0.39 is 64.4 Å². The molecule has 236 valence electrons. The number of amides is 2. The van der Waals surface area contributed by atoms with Crippen LogP contribution in [0.4, 0.5) is 32.8 Å². The Morgan fingerprint density at radius 2 is 1.81 bits per heavy atom. The van der Waals surface area contributed by atoms with Crippen LogP contribution in [-0.2, 0) is 26.4 Å². The van der Waals surface area contributed by atoms with E-state index in [-0.39, 0.29) is 12.2 Å². The van der Waals surface area contributed by atoms with Crippen molar-refractivity contribution in [2.24, 2.45) is 5.92 Å². The van der Waals surface area contributed by atoms with Crippen LogP contribution < -0.4 is 10.0 Å². The topological polar surface area (TPSA) is 116 Å². The molecule has 2 aromatic rings. The average molecular weight is 629 g/mol. The van der Waals surface area contributed by atoms with Crippen LogP contribution in [0.25, 0.3) is 0 Å². The van der Waals surface area contributed by atoms with Crippen LogP contribution in [0.3, 0.4) is 0 Å². The third-order valence-electron chi connectivity index (χ3n) is 7.89. The second-order valence-electron chi connectivity index (χ2n) is 11.9. The monoisotopic (exact) mass is 628 g/mol. The fourth-order valence-electron chi connectivity index (χ4n) is 5.02. The highest BCUT2D eigenvalue weighted by Gasteiger charge is 2.60. The van der Waals surface area contributed by atoms with E-state index in [0.29, 0.717) is 22.8 Å². The van der Waals surface area contributed by atoms with Crippen LogP contribution in [0, 0.1) is 11.7 Å². The number of carbonyl (C=O) groups is 2. The number of pyridine rings is 1. The quantitative estimate of drug-likeness (QED) is 0.198. The van der Waals surface area contributed by atoms with E-state index in [1.807, 2.05) is 20.8 Å². The van der Waals surface area contributed by atoms with Gasteiger partial charge in [0, 0.05) is 43.8 Å². The summed E-state index contributed by atoms with van der Waals surface area (Å²) in [4.78, 5) is 30.0. The molecule has 1 saturated heterocycles. The van der Waals surface area contributed by atoms with E-state index in [1.165, 1.54) is 12.1 Å². The summed E-state index contributed by atoms with van der Waals surface area (Å²) in [6.07, 6.45) is -1.30. The minimum absolute atomic E-state index is 0.327. The van der Waals surface area contributed by atoms with Gasteiger partial charge in [-0.15, -0.1) is 4.72 Å². The number of rotatable bonds is 9. The summed E-state index contributed by atoms with van der Waals surface area (Å²) in [6, 6.07) is 7.60. The molecule has 43 heavy (non-hydrogen) atoms. The Hall–Kier alpha value is -2.94. The van der Waals surface area contributed by atoms with Crippen LogP contribution in [0.1, 0.15) is 64.0 Å². The molecule has 1 saturated carbocycles. The lowest BCUT2D eigenvalue weighted by atomic mass is 9.79. The molecule has 4 rings (SSSR count). The molecule has 1 aliphatic heterocycles. The van der Waals surface area contributed by atoms with Crippen LogP contribution in [-0.4, -0.2) is 63.3 Å². The molecule has 14 heteroatoms. The Morgan fingerprint density at radius 1 is 1.14 bits per heavy atom.